The fourth-order valence-corrected chi connectivity index (χ4v) is 4.44. The minimum absolute atomic E-state index is 0.284. The molecule has 0 aliphatic heterocycles. The molecule has 7 heteroatoms. The summed E-state index contributed by atoms with van der Waals surface area (Å²) in [5.41, 5.74) is 5.19. The van der Waals surface area contributed by atoms with Gasteiger partial charge in [0.15, 0.2) is 5.76 Å². The van der Waals surface area contributed by atoms with Gasteiger partial charge in [0.05, 0.1) is 35.3 Å². The maximum Gasteiger partial charge on any atom is 0.282 e. The van der Waals surface area contributed by atoms with E-state index in [9.17, 15) is 4.79 Å². The van der Waals surface area contributed by atoms with Crippen molar-refractivity contribution in [2.24, 2.45) is 5.10 Å². The Balaban J connectivity index is 1.52. The van der Waals surface area contributed by atoms with Gasteiger partial charge in [-0.3, -0.25) is 4.79 Å². The van der Waals surface area contributed by atoms with Gasteiger partial charge in [0.2, 0.25) is 5.82 Å². The van der Waals surface area contributed by atoms with Gasteiger partial charge < -0.3 is 13.7 Å². The summed E-state index contributed by atoms with van der Waals surface area (Å²) in [5, 5.41) is 5.89. The van der Waals surface area contributed by atoms with Crippen molar-refractivity contribution in [3.8, 4) is 23.0 Å². The summed E-state index contributed by atoms with van der Waals surface area (Å²) in [6, 6.07) is 24.8. The molecule has 3 heterocycles. The predicted molar refractivity (Wildman–Crippen MR) is 146 cm³/mol. The first-order chi connectivity index (χ1) is 18.0. The van der Waals surface area contributed by atoms with Crippen LogP contribution in [0, 0.1) is 13.8 Å². The summed E-state index contributed by atoms with van der Waals surface area (Å²) < 4.78 is 14.9. The molecule has 6 aromatic rings. The molecule has 0 amide bonds. The van der Waals surface area contributed by atoms with Crippen LogP contribution in [0.5, 0.6) is 5.75 Å². The number of fused-ring (bicyclic) bond motifs is 2. The number of hydrogen-bond donors (Lipinski definition) is 0. The fourth-order valence-electron chi connectivity index (χ4n) is 4.44. The van der Waals surface area contributed by atoms with E-state index in [-0.39, 0.29) is 5.56 Å². The van der Waals surface area contributed by atoms with Crippen LogP contribution < -0.4 is 10.3 Å². The Hall–Kier alpha value is -4.91. The molecular formula is C30H24N4O3. The molecule has 182 valence electrons. The first-order valence-electron chi connectivity index (χ1n) is 11.9. The van der Waals surface area contributed by atoms with Crippen molar-refractivity contribution >= 4 is 28.1 Å². The highest BCUT2D eigenvalue weighted by molar-refractivity contribution is 5.88. The summed E-state index contributed by atoms with van der Waals surface area (Å²) >= 11 is 0. The molecule has 3 aromatic heterocycles. The van der Waals surface area contributed by atoms with Crippen molar-refractivity contribution in [3.05, 3.63) is 112 Å². The van der Waals surface area contributed by atoms with Gasteiger partial charge in [0, 0.05) is 11.9 Å². The van der Waals surface area contributed by atoms with Crippen LogP contribution in [0.4, 0.5) is 0 Å². The Morgan fingerprint density at radius 2 is 1.78 bits per heavy atom. The number of furan rings is 1. The molecule has 0 radical (unpaired) electrons. The standard InChI is InChI=1S/C30H24N4O3/c1-19-13-14-21(16-20(19)2)33-15-7-8-22(33)18-31-34-29(32-25-10-5-4-9-23(25)30(34)35)28-17-24-26(36-3)11-6-12-27(24)37-28/h4-18H,1-3H3. The number of para-hydroxylation sites is 1. The van der Waals surface area contributed by atoms with Crippen LogP contribution in [0.1, 0.15) is 16.8 Å². The van der Waals surface area contributed by atoms with E-state index in [1.54, 1.807) is 19.4 Å². The molecule has 0 N–H and O–H groups in total. The normalized spacial score (nSPS) is 11.6. The van der Waals surface area contributed by atoms with Crippen LogP contribution in [0.15, 0.2) is 99.4 Å². The third kappa shape index (κ3) is 3.90. The molecule has 37 heavy (non-hydrogen) atoms. The Morgan fingerprint density at radius 1 is 0.919 bits per heavy atom. The molecule has 0 aliphatic rings. The van der Waals surface area contributed by atoms with Gasteiger partial charge in [-0.2, -0.15) is 9.78 Å². The molecule has 0 spiro atoms. The summed E-state index contributed by atoms with van der Waals surface area (Å²) in [6.07, 6.45) is 3.64. The van der Waals surface area contributed by atoms with Crippen molar-refractivity contribution in [1.29, 1.82) is 0 Å². The molecule has 0 aliphatic carbocycles. The van der Waals surface area contributed by atoms with E-state index in [2.05, 4.69) is 37.1 Å². The van der Waals surface area contributed by atoms with Crippen LogP contribution in [0.25, 0.3) is 39.1 Å². The lowest BCUT2D eigenvalue weighted by Gasteiger charge is -2.10. The lowest BCUT2D eigenvalue weighted by molar-refractivity contribution is 0.419. The predicted octanol–water partition coefficient (Wildman–Crippen LogP) is 6.11. The number of aromatic nitrogens is 3. The first kappa shape index (κ1) is 22.5. The van der Waals surface area contributed by atoms with Crippen LogP contribution in [0.3, 0.4) is 0 Å². The van der Waals surface area contributed by atoms with Crippen LogP contribution in [0.2, 0.25) is 0 Å². The maximum absolute atomic E-state index is 13.6. The molecule has 3 aromatic carbocycles. The Labute approximate surface area is 212 Å². The fraction of sp³-hybridized carbons (Fsp3) is 0.100. The smallest absolute Gasteiger partial charge is 0.282 e. The minimum Gasteiger partial charge on any atom is -0.496 e. The van der Waals surface area contributed by atoms with Gasteiger partial charge in [-0.05, 0) is 79.6 Å². The summed E-state index contributed by atoms with van der Waals surface area (Å²) in [6.45, 7) is 4.18. The molecule has 0 bridgehead atoms. The Morgan fingerprint density at radius 3 is 2.62 bits per heavy atom. The molecule has 7 nitrogen and oxygen atoms in total. The van der Waals surface area contributed by atoms with E-state index in [0.29, 0.717) is 33.8 Å². The van der Waals surface area contributed by atoms with E-state index >= 15 is 0 Å². The molecule has 0 saturated heterocycles. The van der Waals surface area contributed by atoms with Crippen LogP contribution >= 0.6 is 0 Å². The number of aryl methyl sites for hydroxylation is 2. The van der Waals surface area contributed by atoms with Gasteiger partial charge in [-0.25, -0.2) is 4.98 Å². The molecule has 0 fully saturated rings. The molecule has 6 rings (SSSR count). The third-order valence-corrected chi connectivity index (χ3v) is 6.57. The zero-order valence-corrected chi connectivity index (χ0v) is 20.7. The zero-order valence-electron chi connectivity index (χ0n) is 20.7. The first-order valence-corrected chi connectivity index (χ1v) is 11.9. The average Bonchev–Trinajstić information content (AvgIpc) is 3.57. The second kappa shape index (κ2) is 8.95. The number of methoxy groups -OCH3 is 1. The molecule has 0 saturated carbocycles. The lowest BCUT2D eigenvalue weighted by atomic mass is 10.1. The summed E-state index contributed by atoms with van der Waals surface area (Å²) in [5.74, 6) is 1.41. The molecular weight excluding hydrogens is 464 g/mol. The summed E-state index contributed by atoms with van der Waals surface area (Å²) in [4.78, 5) is 18.4. The van der Waals surface area contributed by atoms with Crippen molar-refractivity contribution in [1.82, 2.24) is 14.2 Å². The van der Waals surface area contributed by atoms with E-state index in [4.69, 9.17) is 14.1 Å². The van der Waals surface area contributed by atoms with E-state index in [1.807, 2.05) is 65.4 Å². The second-order valence-electron chi connectivity index (χ2n) is 8.87. The molecule has 0 atom stereocenters. The number of benzene rings is 3. The van der Waals surface area contributed by atoms with Crippen molar-refractivity contribution in [2.75, 3.05) is 7.11 Å². The van der Waals surface area contributed by atoms with Crippen molar-refractivity contribution in [2.45, 2.75) is 13.8 Å². The van der Waals surface area contributed by atoms with Crippen molar-refractivity contribution in [3.63, 3.8) is 0 Å². The van der Waals surface area contributed by atoms with Gasteiger partial charge in [0.1, 0.15) is 11.3 Å². The van der Waals surface area contributed by atoms with Gasteiger partial charge in [-0.15, -0.1) is 0 Å². The third-order valence-electron chi connectivity index (χ3n) is 6.57. The monoisotopic (exact) mass is 488 g/mol. The number of ether oxygens (including phenoxy) is 1. The van der Waals surface area contributed by atoms with E-state index in [0.717, 1.165) is 16.8 Å². The van der Waals surface area contributed by atoms with Crippen LogP contribution in [-0.2, 0) is 0 Å². The largest absolute Gasteiger partial charge is 0.496 e. The van der Waals surface area contributed by atoms with Crippen LogP contribution in [-0.4, -0.2) is 27.6 Å². The quantitative estimate of drug-likeness (QED) is 0.275. The topological polar surface area (TPSA) is 74.6 Å². The highest BCUT2D eigenvalue weighted by Crippen LogP contribution is 2.32. The second-order valence-corrected chi connectivity index (χ2v) is 8.87. The van der Waals surface area contributed by atoms with E-state index in [1.165, 1.54) is 15.8 Å². The van der Waals surface area contributed by atoms with Crippen molar-refractivity contribution < 1.29 is 9.15 Å². The molecule has 0 unspecified atom stereocenters. The SMILES string of the molecule is COc1cccc2oc(-c3nc4ccccc4c(=O)n3N=Cc3cccn3-c3ccc(C)c(C)c3)cc12. The summed E-state index contributed by atoms with van der Waals surface area (Å²) in [7, 11) is 1.61. The number of hydrogen-bond acceptors (Lipinski definition) is 5. The average molecular weight is 489 g/mol. The van der Waals surface area contributed by atoms with E-state index < -0.39 is 0 Å². The lowest BCUT2D eigenvalue weighted by Crippen LogP contribution is -2.20. The van der Waals surface area contributed by atoms with Gasteiger partial charge in [-0.1, -0.05) is 24.3 Å². The Bertz CT molecular complexity index is 1870. The van der Waals surface area contributed by atoms with Gasteiger partial charge >= 0.3 is 0 Å². The number of nitrogens with zero attached hydrogens (tertiary/aromatic N) is 4. The maximum atomic E-state index is 13.6. The minimum atomic E-state index is -0.284. The van der Waals surface area contributed by atoms with Gasteiger partial charge in [0.25, 0.3) is 5.56 Å². The Kier molecular flexibility index (Phi) is 5.45. The number of rotatable bonds is 5. The zero-order chi connectivity index (χ0) is 25.5. The highest BCUT2D eigenvalue weighted by atomic mass is 16.5. The highest BCUT2D eigenvalue weighted by Gasteiger charge is 2.18.